The third kappa shape index (κ3) is 2.31. The van der Waals surface area contributed by atoms with Gasteiger partial charge in [-0.15, -0.1) is 0 Å². The van der Waals surface area contributed by atoms with Crippen LogP contribution in [0.15, 0.2) is 24.3 Å². The van der Waals surface area contributed by atoms with Gasteiger partial charge in [-0.05, 0) is 25.0 Å². The number of amides is 2. The second-order valence-electron chi connectivity index (χ2n) is 6.08. The van der Waals surface area contributed by atoms with Crippen molar-refractivity contribution < 1.29 is 4.79 Å². The largest absolute Gasteiger partial charge is 0.348 e. The number of likely N-dealkylation sites (N-methyl/N-ethyl adjacent to an activating group) is 1. The van der Waals surface area contributed by atoms with E-state index in [9.17, 15) is 4.79 Å². The number of carbonyl (C=O) groups excluding carboxylic acids is 1. The molecular formula is C16H20N4OS. The minimum absolute atomic E-state index is 0.193. The number of para-hydroxylation sites is 1. The van der Waals surface area contributed by atoms with Crippen molar-refractivity contribution in [1.82, 2.24) is 14.8 Å². The molecular weight excluding hydrogens is 296 g/mol. The van der Waals surface area contributed by atoms with Crippen LogP contribution in [0.4, 0.5) is 9.93 Å². The number of aromatic nitrogens is 1. The van der Waals surface area contributed by atoms with Crippen LogP contribution >= 0.6 is 11.3 Å². The number of benzene rings is 1. The van der Waals surface area contributed by atoms with Crippen LogP contribution in [-0.4, -0.2) is 60.1 Å². The van der Waals surface area contributed by atoms with E-state index in [0.717, 1.165) is 49.7 Å². The Bertz CT molecular complexity index is 659. The Hall–Kier alpha value is -1.82. The molecule has 2 aliphatic heterocycles. The Labute approximate surface area is 134 Å². The average Bonchev–Trinajstić information content (AvgIpc) is 3.12. The molecule has 5 nitrogen and oxygen atoms in total. The Morgan fingerprint density at radius 3 is 2.59 bits per heavy atom. The van der Waals surface area contributed by atoms with Crippen LogP contribution in [0.2, 0.25) is 0 Å². The molecule has 4 rings (SSSR count). The van der Waals surface area contributed by atoms with Crippen molar-refractivity contribution in [3.05, 3.63) is 24.3 Å². The van der Waals surface area contributed by atoms with Crippen LogP contribution in [-0.2, 0) is 0 Å². The van der Waals surface area contributed by atoms with Gasteiger partial charge in [0.2, 0.25) is 0 Å². The zero-order valence-electron chi connectivity index (χ0n) is 12.7. The van der Waals surface area contributed by atoms with E-state index in [0.29, 0.717) is 6.04 Å². The summed E-state index contributed by atoms with van der Waals surface area (Å²) in [6.07, 6.45) is 2.07. The third-order valence-electron chi connectivity index (χ3n) is 4.71. The predicted molar refractivity (Wildman–Crippen MR) is 89.6 cm³/mol. The van der Waals surface area contributed by atoms with E-state index in [2.05, 4.69) is 28.0 Å². The zero-order chi connectivity index (χ0) is 15.1. The molecule has 6 heteroatoms. The van der Waals surface area contributed by atoms with Crippen LogP contribution in [0.5, 0.6) is 0 Å². The fourth-order valence-electron chi connectivity index (χ4n) is 3.37. The first-order valence-electron chi connectivity index (χ1n) is 7.84. The summed E-state index contributed by atoms with van der Waals surface area (Å²) in [5, 5.41) is 1.12. The molecule has 1 aromatic carbocycles. The third-order valence-corrected chi connectivity index (χ3v) is 5.80. The fourth-order valence-corrected chi connectivity index (χ4v) is 4.39. The maximum absolute atomic E-state index is 12.1. The number of hydrogen-bond acceptors (Lipinski definition) is 4. The summed E-state index contributed by atoms with van der Waals surface area (Å²) < 4.78 is 1.25. The van der Waals surface area contributed by atoms with Crippen LogP contribution < -0.4 is 4.90 Å². The Morgan fingerprint density at radius 1 is 1.14 bits per heavy atom. The number of nitrogens with zero attached hydrogens (tertiary/aromatic N) is 4. The summed E-state index contributed by atoms with van der Waals surface area (Å²) in [5.41, 5.74) is 1.08. The number of hydrogen-bond donors (Lipinski definition) is 0. The van der Waals surface area contributed by atoms with Crippen molar-refractivity contribution in [3.8, 4) is 0 Å². The van der Waals surface area contributed by atoms with E-state index in [1.807, 2.05) is 18.0 Å². The summed E-state index contributed by atoms with van der Waals surface area (Å²) in [6, 6.07) is 8.88. The molecule has 0 radical (unpaired) electrons. The van der Waals surface area contributed by atoms with Crippen molar-refractivity contribution in [2.45, 2.75) is 18.9 Å². The van der Waals surface area contributed by atoms with Crippen LogP contribution in [0.3, 0.4) is 0 Å². The maximum Gasteiger partial charge on any atom is 0.320 e. The van der Waals surface area contributed by atoms with E-state index in [1.165, 1.54) is 4.70 Å². The first-order chi connectivity index (χ1) is 10.7. The minimum Gasteiger partial charge on any atom is -0.348 e. The molecule has 0 N–H and O–H groups in total. The van der Waals surface area contributed by atoms with Gasteiger partial charge in [0, 0.05) is 39.3 Å². The van der Waals surface area contributed by atoms with E-state index >= 15 is 0 Å². The maximum atomic E-state index is 12.1. The first-order valence-corrected chi connectivity index (χ1v) is 8.66. The van der Waals surface area contributed by atoms with Gasteiger partial charge in [-0.1, -0.05) is 23.5 Å². The van der Waals surface area contributed by atoms with E-state index < -0.39 is 0 Å². The molecule has 2 aliphatic rings. The van der Waals surface area contributed by atoms with Gasteiger partial charge in [0.15, 0.2) is 5.13 Å². The highest BCUT2D eigenvalue weighted by Gasteiger charge is 2.33. The van der Waals surface area contributed by atoms with E-state index in [4.69, 9.17) is 4.98 Å². The standard InChI is InChI=1S/C16H20N4OS/c1-18-10-11-20(16(18)21)12-6-8-19(9-7-12)15-17-13-4-2-3-5-14(13)22-15/h2-5,12H,6-11H2,1H3. The van der Waals surface area contributed by atoms with Gasteiger partial charge >= 0.3 is 6.03 Å². The normalized spacial score (nSPS) is 20.4. The molecule has 0 unspecified atom stereocenters. The van der Waals surface area contributed by atoms with E-state index in [-0.39, 0.29) is 6.03 Å². The minimum atomic E-state index is 0.193. The number of carbonyl (C=O) groups is 1. The number of thiazole rings is 1. The Kier molecular flexibility index (Phi) is 3.41. The van der Waals surface area contributed by atoms with Gasteiger partial charge in [-0.25, -0.2) is 9.78 Å². The van der Waals surface area contributed by atoms with Crippen molar-refractivity contribution in [3.63, 3.8) is 0 Å². The van der Waals surface area contributed by atoms with Crippen LogP contribution in [0, 0.1) is 0 Å². The number of fused-ring (bicyclic) bond motifs is 1. The lowest BCUT2D eigenvalue weighted by Gasteiger charge is -2.36. The topological polar surface area (TPSA) is 39.7 Å². The highest BCUT2D eigenvalue weighted by Crippen LogP contribution is 2.31. The SMILES string of the molecule is CN1CCN(C2CCN(c3nc4ccccc4s3)CC2)C1=O. The molecule has 1 aromatic heterocycles. The predicted octanol–water partition coefficient (Wildman–Crippen LogP) is 2.63. The highest BCUT2D eigenvalue weighted by molar-refractivity contribution is 7.22. The number of urea groups is 1. The van der Waals surface area contributed by atoms with Gasteiger partial charge in [0.25, 0.3) is 0 Å². The van der Waals surface area contributed by atoms with Gasteiger partial charge in [0.1, 0.15) is 0 Å². The second-order valence-corrected chi connectivity index (χ2v) is 7.09. The number of anilines is 1. The van der Waals surface area contributed by atoms with E-state index in [1.54, 1.807) is 11.3 Å². The molecule has 2 fully saturated rings. The fraction of sp³-hybridized carbons (Fsp3) is 0.500. The van der Waals surface area contributed by atoms with Crippen LogP contribution in [0.1, 0.15) is 12.8 Å². The number of rotatable bonds is 2. The zero-order valence-corrected chi connectivity index (χ0v) is 13.6. The quantitative estimate of drug-likeness (QED) is 0.855. The highest BCUT2D eigenvalue weighted by atomic mass is 32.1. The lowest BCUT2D eigenvalue weighted by molar-refractivity contribution is 0.173. The summed E-state index contributed by atoms with van der Waals surface area (Å²) >= 11 is 1.76. The van der Waals surface area contributed by atoms with Crippen LogP contribution in [0.25, 0.3) is 10.2 Å². The lowest BCUT2D eigenvalue weighted by atomic mass is 10.0. The average molecular weight is 316 g/mol. The second kappa shape index (κ2) is 5.43. The van der Waals surface area contributed by atoms with Crippen molar-refractivity contribution >= 4 is 32.7 Å². The molecule has 2 amide bonds. The van der Waals surface area contributed by atoms with Gasteiger partial charge < -0.3 is 14.7 Å². The molecule has 0 atom stereocenters. The molecule has 2 saturated heterocycles. The molecule has 0 aliphatic carbocycles. The Balaban J connectivity index is 1.44. The monoisotopic (exact) mass is 316 g/mol. The van der Waals surface area contributed by atoms with Crippen molar-refractivity contribution in [1.29, 1.82) is 0 Å². The summed E-state index contributed by atoms with van der Waals surface area (Å²) in [7, 11) is 1.89. The molecule has 0 saturated carbocycles. The van der Waals surface area contributed by atoms with Crippen molar-refractivity contribution in [2.75, 3.05) is 38.1 Å². The first kappa shape index (κ1) is 13.8. The van der Waals surface area contributed by atoms with Gasteiger partial charge in [-0.3, -0.25) is 0 Å². The molecule has 3 heterocycles. The van der Waals surface area contributed by atoms with Gasteiger partial charge in [-0.2, -0.15) is 0 Å². The summed E-state index contributed by atoms with van der Waals surface area (Å²) in [6.45, 7) is 3.70. The molecule has 0 bridgehead atoms. The van der Waals surface area contributed by atoms with Gasteiger partial charge in [0.05, 0.1) is 10.2 Å². The number of piperidine rings is 1. The smallest absolute Gasteiger partial charge is 0.320 e. The molecule has 2 aromatic rings. The lowest BCUT2D eigenvalue weighted by Crippen LogP contribution is -2.46. The van der Waals surface area contributed by atoms with Crippen molar-refractivity contribution in [2.24, 2.45) is 0 Å². The molecule has 116 valence electrons. The summed E-state index contributed by atoms with van der Waals surface area (Å²) in [4.78, 5) is 23.1. The summed E-state index contributed by atoms with van der Waals surface area (Å²) in [5.74, 6) is 0. The molecule has 0 spiro atoms. The Morgan fingerprint density at radius 2 is 1.91 bits per heavy atom. The molecule has 22 heavy (non-hydrogen) atoms.